The standard InChI is InChI=1S/C8H6IO5/c10-5-3-1-2-4(9-8(13)14)6(5)7(11)12/h1-3,10H,(H,11,12)(H,13,14)/q-1. The molecule has 0 spiro atoms. The predicted molar refractivity (Wildman–Crippen MR) is 41.8 cm³/mol. The van der Waals surface area contributed by atoms with Crippen molar-refractivity contribution in [3.63, 3.8) is 0 Å². The Labute approximate surface area is 89.3 Å². The minimum absolute atomic E-state index is 0.198. The number of phenols is 1. The fourth-order valence-corrected chi connectivity index (χ4v) is 2.55. The van der Waals surface area contributed by atoms with Crippen molar-refractivity contribution < 1.29 is 46.1 Å². The van der Waals surface area contributed by atoms with E-state index < -0.39 is 36.9 Å². The van der Waals surface area contributed by atoms with E-state index in [9.17, 15) is 14.7 Å². The van der Waals surface area contributed by atoms with E-state index in [0.29, 0.717) is 0 Å². The first-order valence-corrected chi connectivity index (χ1v) is 5.61. The van der Waals surface area contributed by atoms with Crippen molar-refractivity contribution in [2.24, 2.45) is 0 Å². The number of carboxylic acid groups (broad SMARTS) is 2. The second-order valence-corrected chi connectivity index (χ2v) is 4.91. The third kappa shape index (κ3) is 2.34. The Hall–Kier alpha value is -1.31. The Morgan fingerprint density at radius 2 is 1.86 bits per heavy atom. The van der Waals surface area contributed by atoms with Gasteiger partial charge in [0.1, 0.15) is 0 Å². The van der Waals surface area contributed by atoms with E-state index in [1.165, 1.54) is 18.2 Å². The first-order chi connectivity index (χ1) is 6.52. The number of carboxylic acids is 1. The molecule has 0 fully saturated rings. The third-order valence-electron chi connectivity index (χ3n) is 1.39. The molecule has 6 heteroatoms. The molecule has 0 unspecified atom stereocenters. The summed E-state index contributed by atoms with van der Waals surface area (Å²) < 4.78 is -0.833. The van der Waals surface area contributed by atoms with Crippen LogP contribution < -0.4 is 21.2 Å². The summed E-state index contributed by atoms with van der Waals surface area (Å²) in [5.41, 5.74) is -0.303. The van der Waals surface area contributed by atoms with Crippen LogP contribution >= 0.6 is 0 Å². The zero-order valence-corrected chi connectivity index (χ0v) is 8.93. The van der Waals surface area contributed by atoms with E-state index in [0.717, 1.165) is 0 Å². The Morgan fingerprint density at radius 3 is 2.36 bits per heavy atom. The third-order valence-corrected chi connectivity index (χ3v) is 3.33. The molecule has 0 saturated heterocycles. The van der Waals surface area contributed by atoms with Gasteiger partial charge >= 0.3 is 89.1 Å². The molecule has 5 nitrogen and oxygen atoms in total. The van der Waals surface area contributed by atoms with E-state index >= 15 is 0 Å². The summed E-state index contributed by atoms with van der Waals surface area (Å²) in [5, 5.41) is 26.5. The summed E-state index contributed by atoms with van der Waals surface area (Å²) >= 11 is -1.43. The van der Waals surface area contributed by atoms with Gasteiger partial charge in [0.2, 0.25) is 0 Å². The predicted octanol–water partition coefficient (Wildman–Crippen LogP) is -1.97. The van der Waals surface area contributed by atoms with Crippen LogP contribution in [0.3, 0.4) is 0 Å². The minimum atomic E-state index is -1.43. The van der Waals surface area contributed by atoms with Crippen molar-refractivity contribution in [2.75, 3.05) is 0 Å². The van der Waals surface area contributed by atoms with Gasteiger partial charge in [0.15, 0.2) is 0 Å². The van der Waals surface area contributed by atoms with E-state index in [-0.39, 0.29) is 9.13 Å². The van der Waals surface area contributed by atoms with Gasteiger partial charge < -0.3 is 0 Å². The van der Waals surface area contributed by atoms with Crippen LogP contribution in [0.1, 0.15) is 10.4 Å². The van der Waals surface area contributed by atoms with Crippen molar-refractivity contribution >= 4 is 9.95 Å². The summed E-state index contributed by atoms with van der Waals surface area (Å²) in [6.45, 7) is 0. The zero-order valence-electron chi connectivity index (χ0n) is 6.77. The number of carbonyl (C=O) groups is 2. The molecule has 76 valence electrons. The number of aromatic hydroxyl groups is 1. The molecule has 14 heavy (non-hydrogen) atoms. The summed E-state index contributed by atoms with van der Waals surface area (Å²) in [7, 11) is 0. The van der Waals surface area contributed by atoms with Crippen LogP contribution in [0.15, 0.2) is 18.2 Å². The van der Waals surface area contributed by atoms with Crippen LogP contribution in [-0.4, -0.2) is 25.3 Å². The van der Waals surface area contributed by atoms with Crippen molar-refractivity contribution in [2.45, 2.75) is 0 Å². The van der Waals surface area contributed by atoms with E-state index in [4.69, 9.17) is 10.2 Å². The van der Waals surface area contributed by atoms with E-state index in [1.807, 2.05) is 0 Å². The molecule has 0 amide bonds. The zero-order chi connectivity index (χ0) is 10.7. The van der Waals surface area contributed by atoms with Gasteiger partial charge in [-0.1, -0.05) is 0 Å². The molecule has 0 bridgehead atoms. The fraction of sp³-hybridized carbons (Fsp3) is 0. The maximum atomic E-state index is 10.7. The number of benzene rings is 1. The van der Waals surface area contributed by atoms with Crippen LogP contribution in [0.4, 0.5) is 4.79 Å². The average molecular weight is 309 g/mol. The molecule has 0 aromatic heterocycles. The van der Waals surface area contributed by atoms with Crippen LogP contribution in [0.25, 0.3) is 0 Å². The molecule has 3 N–H and O–H groups in total. The maximum absolute atomic E-state index is 10.7. The van der Waals surface area contributed by atoms with Gasteiger partial charge in [-0.05, 0) is 0 Å². The first-order valence-electron chi connectivity index (χ1n) is 3.45. The Morgan fingerprint density at radius 1 is 1.21 bits per heavy atom. The number of rotatable bonds is 3. The Balaban J connectivity index is 3.21. The second kappa shape index (κ2) is 4.27. The van der Waals surface area contributed by atoms with Gasteiger partial charge in [0.05, 0.1) is 0 Å². The number of hydrogen-bond acceptors (Lipinski definition) is 3. The molecule has 1 aromatic carbocycles. The van der Waals surface area contributed by atoms with Crippen molar-refractivity contribution in [3.05, 3.63) is 27.3 Å². The van der Waals surface area contributed by atoms with Crippen LogP contribution in [0.5, 0.6) is 5.75 Å². The number of halogens is 1. The van der Waals surface area contributed by atoms with Gasteiger partial charge in [-0.2, -0.15) is 0 Å². The molecule has 1 rings (SSSR count). The van der Waals surface area contributed by atoms with Gasteiger partial charge in [0, 0.05) is 0 Å². The first kappa shape index (κ1) is 10.8. The molecule has 0 aliphatic carbocycles. The topological polar surface area (TPSA) is 94.8 Å². The van der Waals surface area contributed by atoms with Crippen LogP contribution in [-0.2, 0) is 0 Å². The summed E-state index contributed by atoms with van der Waals surface area (Å²) in [6.07, 6.45) is 0. The van der Waals surface area contributed by atoms with Crippen molar-refractivity contribution in [1.82, 2.24) is 0 Å². The van der Waals surface area contributed by atoms with Gasteiger partial charge in [-0.15, -0.1) is 0 Å². The Bertz CT molecular complexity index is 387. The molecule has 0 radical (unpaired) electrons. The van der Waals surface area contributed by atoms with Crippen LogP contribution in [0, 0.1) is 3.57 Å². The summed E-state index contributed by atoms with van der Waals surface area (Å²) in [4.78, 5) is 21.1. The van der Waals surface area contributed by atoms with Gasteiger partial charge in [-0.3, -0.25) is 0 Å². The van der Waals surface area contributed by atoms with Gasteiger partial charge in [0.25, 0.3) is 0 Å². The molecule has 0 saturated carbocycles. The number of aromatic carboxylic acids is 1. The molecular weight excluding hydrogens is 303 g/mol. The van der Waals surface area contributed by atoms with Crippen LogP contribution in [0.2, 0.25) is 0 Å². The quantitative estimate of drug-likeness (QED) is 0.445. The monoisotopic (exact) mass is 309 g/mol. The van der Waals surface area contributed by atoms with Crippen molar-refractivity contribution in [1.29, 1.82) is 0 Å². The van der Waals surface area contributed by atoms with Crippen molar-refractivity contribution in [3.8, 4) is 5.75 Å². The second-order valence-electron chi connectivity index (χ2n) is 2.29. The average Bonchev–Trinajstić information content (AvgIpc) is 2.01. The van der Waals surface area contributed by atoms with E-state index in [1.54, 1.807) is 0 Å². The van der Waals surface area contributed by atoms with Gasteiger partial charge in [-0.25, -0.2) is 0 Å². The summed E-state index contributed by atoms with van der Waals surface area (Å²) in [5.74, 6) is -1.70. The molecular formula is C8H6IO5-. The molecule has 0 aliphatic rings. The van der Waals surface area contributed by atoms with E-state index in [2.05, 4.69) is 0 Å². The molecule has 1 aromatic rings. The molecule has 0 aliphatic heterocycles. The Kier molecular flexibility index (Phi) is 3.28. The SMILES string of the molecule is O=C(O)[I-]c1cccc(O)c1C(=O)O. The number of hydrogen-bond donors (Lipinski definition) is 3. The molecule has 0 atom stereocenters. The normalized spacial score (nSPS) is 10.0. The molecule has 0 heterocycles. The summed E-state index contributed by atoms with van der Waals surface area (Å²) in [6, 6.07) is 4.06. The fourth-order valence-electron chi connectivity index (χ4n) is 0.890.